The van der Waals surface area contributed by atoms with Gasteiger partial charge in [0.2, 0.25) is 10.0 Å². The molecule has 1 saturated heterocycles. The molecule has 204 valence electrons. The third-order valence-electron chi connectivity index (χ3n) is 6.99. The summed E-state index contributed by atoms with van der Waals surface area (Å²) in [5, 5.41) is 20.9. The fourth-order valence-electron chi connectivity index (χ4n) is 4.94. The minimum Gasteiger partial charge on any atom is -0.484 e. The molecule has 1 fully saturated rings. The van der Waals surface area contributed by atoms with Crippen molar-refractivity contribution in [3.05, 3.63) is 52.5 Å². The third kappa shape index (κ3) is 5.08. The van der Waals surface area contributed by atoms with Crippen molar-refractivity contribution < 1.29 is 37.1 Å². The number of primary sulfonamides is 1. The van der Waals surface area contributed by atoms with Gasteiger partial charge in [0.05, 0.1) is 22.2 Å². The first-order valence-corrected chi connectivity index (χ1v) is 14.3. The molecule has 2 aromatic rings. The van der Waals surface area contributed by atoms with Gasteiger partial charge in [0.1, 0.15) is 29.4 Å². The fraction of sp³-hybridized carbons (Fsp3) is 0.375. The molecule has 3 amide bonds. The van der Waals surface area contributed by atoms with Crippen molar-refractivity contribution in [1.29, 1.82) is 0 Å². The minimum absolute atomic E-state index is 0.00743. The summed E-state index contributed by atoms with van der Waals surface area (Å²) in [7, 11) is -4.11. The highest BCUT2D eigenvalue weighted by Crippen LogP contribution is 2.35. The van der Waals surface area contributed by atoms with Crippen LogP contribution in [-0.4, -0.2) is 60.4 Å². The Hall–Kier alpha value is -2.84. The summed E-state index contributed by atoms with van der Waals surface area (Å²) in [4.78, 5) is 37.5. The van der Waals surface area contributed by atoms with E-state index in [1.165, 1.54) is 6.07 Å². The molecular formula is C24H28ClN4O7S2+. The highest BCUT2D eigenvalue weighted by molar-refractivity contribution is 7.89. The molecule has 11 nitrogen and oxygen atoms in total. The second-order valence-corrected chi connectivity index (χ2v) is 11.9. The normalized spacial score (nSPS) is 25.6. The summed E-state index contributed by atoms with van der Waals surface area (Å²) in [6, 6.07) is 8.83. The van der Waals surface area contributed by atoms with E-state index in [0.29, 0.717) is 23.4 Å². The number of quaternary nitrogens is 1. The van der Waals surface area contributed by atoms with E-state index in [9.17, 15) is 27.9 Å². The van der Waals surface area contributed by atoms with Crippen LogP contribution in [0.4, 0.5) is 10.5 Å². The van der Waals surface area contributed by atoms with Crippen LogP contribution >= 0.6 is 24.2 Å². The minimum atomic E-state index is -4.11. The number of nitrogens with two attached hydrogens (primary N) is 1. The molecule has 5 N–H and O–H groups in total. The first-order valence-electron chi connectivity index (χ1n) is 11.7. The molecule has 0 radical (unpaired) electrons. The Morgan fingerprint density at radius 1 is 1.26 bits per heavy atom. The summed E-state index contributed by atoms with van der Waals surface area (Å²) >= 11 is 10.2. The zero-order valence-corrected chi connectivity index (χ0v) is 23.0. The predicted molar refractivity (Wildman–Crippen MR) is 143 cm³/mol. The lowest BCUT2D eigenvalue weighted by molar-refractivity contribution is -0.795. The Morgan fingerprint density at radius 2 is 1.92 bits per heavy atom. The van der Waals surface area contributed by atoms with E-state index in [0.717, 1.165) is 6.07 Å². The van der Waals surface area contributed by atoms with Crippen LogP contribution in [0.1, 0.15) is 42.4 Å². The van der Waals surface area contributed by atoms with Crippen LogP contribution in [0.3, 0.4) is 0 Å². The lowest BCUT2D eigenvalue weighted by atomic mass is 10.1. The van der Waals surface area contributed by atoms with Gasteiger partial charge >= 0.3 is 12.0 Å². The molecule has 2 heterocycles. The maximum absolute atomic E-state index is 13.0. The Morgan fingerprint density at radius 3 is 2.50 bits per heavy atom. The summed E-state index contributed by atoms with van der Waals surface area (Å²) in [6.07, 6.45) is -1.94. The standard InChI is InChI=1S/C24H27ClN4O7S2/c1-12(11-37)23(31)29(24(32)33)10-16(7-13(29)2)36-15-5-3-14(4-6-15)21-27-19-9-18(25)20(38(26,34)35)8-17(19)22(30)28-21/h3-6,8-9,12-13,16,21,27H,7,10-11H2,1-2H3,(H4-,26,28,30,32,33,34,35,37)/p+1/t12?,13?,16-,21?,29-/m0/s1. The number of hydrogen-bond donors (Lipinski definition) is 5. The van der Waals surface area contributed by atoms with E-state index in [1.807, 2.05) is 0 Å². The maximum Gasteiger partial charge on any atom is 0.521 e. The van der Waals surface area contributed by atoms with E-state index in [1.54, 1.807) is 38.1 Å². The van der Waals surface area contributed by atoms with Crippen LogP contribution < -0.4 is 20.5 Å². The maximum atomic E-state index is 13.0. The molecule has 3 unspecified atom stereocenters. The topological polar surface area (TPSA) is 165 Å². The first kappa shape index (κ1) is 28.2. The predicted octanol–water partition coefficient (Wildman–Crippen LogP) is 2.97. The van der Waals surface area contributed by atoms with Crippen molar-refractivity contribution in [3.8, 4) is 5.75 Å². The number of benzene rings is 2. The van der Waals surface area contributed by atoms with Gasteiger partial charge in [-0.25, -0.2) is 18.4 Å². The molecule has 5 atom stereocenters. The lowest BCUT2D eigenvalue weighted by Crippen LogP contribution is -2.61. The number of hydrogen-bond acceptors (Lipinski definition) is 8. The number of likely N-dealkylation sites (tertiary alicyclic amines) is 1. The van der Waals surface area contributed by atoms with Crippen LogP contribution in [0.2, 0.25) is 5.02 Å². The van der Waals surface area contributed by atoms with Crippen LogP contribution in [0.5, 0.6) is 5.75 Å². The molecule has 2 aliphatic rings. The summed E-state index contributed by atoms with van der Waals surface area (Å²) in [5.74, 6) is -0.680. The Labute approximate surface area is 230 Å². The number of imide groups is 1. The average Bonchev–Trinajstić information content (AvgIpc) is 3.18. The highest BCUT2D eigenvalue weighted by Gasteiger charge is 2.58. The van der Waals surface area contributed by atoms with E-state index < -0.39 is 56.6 Å². The third-order valence-corrected chi connectivity index (χ3v) is 8.92. The van der Waals surface area contributed by atoms with Crippen molar-refractivity contribution in [3.63, 3.8) is 0 Å². The number of nitrogens with zero attached hydrogens (tertiary/aromatic N) is 1. The van der Waals surface area contributed by atoms with Gasteiger partial charge in [-0.2, -0.15) is 21.9 Å². The second-order valence-electron chi connectivity index (χ2n) is 9.57. The molecule has 0 aliphatic carbocycles. The number of ether oxygens (including phenoxy) is 1. The highest BCUT2D eigenvalue weighted by atomic mass is 35.5. The van der Waals surface area contributed by atoms with Gasteiger partial charge in [-0.1, -0.05) is 23.7 Å². The van der Waals surface area contributed by atoms with Gasteiger partial charge in [0.25, 0.3) is 5.91 Å². The van der Waals surface area contributed by atoms with Gasteiger partial charge in [-0.05, 0) is 43.7 Å². The smallest absolute Gasteiger partial charge is 0.484 e. The summed E-state index contributed by atoms with van der Waals surface area (Å²) in [6.45, 7) is 3.41. The largest absolute Gasteiger partial charge is 0.521 e. The number of thiol groups is 1. The number of fused-ring (bicyclic) bond motifs is 1. The molecule has 14 heteroatoms. The molecule has 2 aliphatic heterocycles. The number of carboxylic acid groups (broad SMARTS) is 1. The second kappa shape index (κ2) is 10.4. The van der Waals surface area contributed by atoms with Crippen LogP contribution in [0, 0.1) is 5.92 Å². The van der Waals surface area contributed by atoms with Gasteiger partial charge < -0.3 is 20.5 Å². The number of sulfonamides is 1. The zero-order valence-electron chi connectivity index (χ0n) is 20.5. The number of amides is 3. The number of carbonyl (C=O) groups excluding carboxylic acids is 2. The zero-order chi connectivity index (χ0) is 28.0. The number of rotatable bonds is 6. The number of carbonyl (C=O) groups is 3. The number of anilines is 1. The van der Waals surface area contributed by atoms with Gasteiger partial charge in [-0.15, -0.1) is 0 Å². The molecule has 0 saturated carbocycles. The van der Waals surface area contributed by atoms with E-state index in [-0.39, 0.29) is 27.8 Å². The van der Waals surface area contributed by atoms with Gasteiger partial charge in [-0.3, -0.25) is 4.79 Å². The molecule has 38 heavy (non-hydrogen) atoms. The van der Waals surface area contributed by atoms with Crippen molar-refractivity contribution >= 4 is 57.8 Å². The van der Waals surface area contributed by atoms with Gasteiger partial charge in [0.15, 0.2) is 6.10 Å². The monoisotopic (exact) mass is 583 g/mol. The van der Waals surface area contributed by atoms with Crippen molar-refractivity contribution in [2.45, 2.75) is 43.5 Å². The van der Waals surface area contributed by atoms with E-state index >= 15 is 0 Å². The summed E-state index contributed by atoms with van der Waals surface area (Å²) < 4.78 is 28.8. The van der Waals surface area contributed by atoms with Crippen molar-refractivity contribution in [2.75, 3.05) is 17.6 Å². The molecule has 0 bridgehead atoms. The first-order chi connectivity index (χ1) is 17.8. The Kier molecular flexibility index (Phi) is 7.70. The quantitative estimate of drug-likeness (QED) is 0.256. The molecule has 0 spiro atoms. The average molecular weight is 584 g/mol. The molecule has 2 aromatic carbocycles. The SMILES string of the molecule is CC(CS)C(=O)[N@+]1(C(=O)O)C[C@@H](Oc2ccc(C3NC(=O)c4cc(S(N)(=O)=O)c(Cl)cc4N3)cc2)CC1C. The molecule has 0 aromatic heterocycles. The Bertz CT molecular complexity index is 1400. The van der Waals surface area contributed by atoms with Gasteiger partial charge in [0, 0.05) is 12.2 Å². The number of halogens is 1. The number of nitrogens with one attached hydrogen (secondary N) is 2. The van der Waals surface area contributed by atoms with Crippen molar-refractivity contribution in [1.82, 2.24) is 5.32 Å². The van der Waals surface area contributed by atoms with E-state index in [4.69, 9.17) is 21.5 Å². The molecular weight excluding hydrogens is 556 g/mol. The lowest BCUT2D eigenvalue weighted by Gasteiger charge is -2.31. The van der Waals surface area contributed by atoms with Crippen molar-refractivity contribution in [2.24, 2.45) is 11.1 Å². The fourth-order valence-corrected chi connectivity index (χ4v) is 6.19. The molecule has 4 rings (SSSR count). The van der Waals surface area contributed by atoms with Crippen LogP contribution in [0.15, 0.2) is 41.3 Å². The van der Waals surface area contributed by atoms with Crippen LogP contribution in [-0.2, 0) is 14.8 Å². The summed E-state index contributed by atoms with van der Waals surface area (Å²) in [5.41, 5.74) is 1.11. The van der Waals surface area contributed by atoms with E-state index in [2.05, 4.69) is 23.3 Å². The van der Waals surface area contributed by atoms with Crippen LogP contribution in [0.25, 0.3) is 0 Å². The Balaban J connectivity index is 1.49.